The van der Waals surface area contributed by atoms with Crippen LogP contribution in [0.15, 0.2) is 29.2 Å². The van der Waals surface area contributed by atoms with Crippen LogP contribution in [-0.2, 0) is 14.8 Å². The normalized spacial score (nSPS) is 23.2. The van der Waals surface area contributed by atoms with Crippen LogP contribution in [0, 0.1) is 0 Å². The lowest BCUT2D eigenvalue weighted by Gasteiger charge is -2.23. The summed E-state index contributed by atoms with van der Waals surface area (Å²) < 4.78 is 32.6. The Kier molecular flexibility index (Phi) is 7.85. The Bertz CT molecular complexity index is 684. The highest BCUT2D eigenvalue weighted by molar-refractivity contribution is 7.89. The zero-order chi connectivity index (χ0) is 17.7. The molecule has 2 saturated heterocycles. The fourth-order valence-electron chi connectivity index (χ4n) is 3.12. The Hall–Kier alpha value is -1.19. The number of rotatable bonds is 6. The van der Waals surface area contributed by atoms with Crippen molar-refractivity contribution in [2.75, 3.05) is 26.2 Å². The Morgan fingerprint density at radius 1 is 1.19 bits per heavy atom. The number of carbonyl (C=O) groups is 1. The fraction of sp³-hybridized carbons (Fsp3) is 0.588. The maximum Gasteiger partial charge on any atom is 0.251 e. The van der Waals surface area contributed by atoms with E-state index in [0.717, 1.165) is 38.8 Å². The van der Waals surface area contributed by atoms with Crippen LogP contribution in [-0.4, -0.2) is 52.7 Å². The van der Waals surface area contributed by atoms with Crippen LogP contribution in [0.3, 0.4) is 0 Å². The van der Waals surface area contributed by atoms with Crippen molar-refractivity contribution < 1.29 is 17.9 Å². The molecule has 2 fully saturated rings. The first-order valence-electron chi connectivity index (χ1n) is 8.77. The molecule has 0 spiro atoms. The van der Waals surface area contributed by atoms with Gasteiger partial charge >= 0.3 is 0 Å². The van der Waals surface area contributed by atoms with E-state index in [2.05, 4.69) is 15.4 Å². The summed E-state index contributed by atoms with van der Waals surface area (Å²) in [6, 6.07) is 6.15. The molecule has 2 heterocycles. The van der Waals surface area contributed by atoms with E-state index in [1.54, 1.807) is 12.1 Å². The van der Waals surface area contributed by atoms with E-state index in [0.29, 0.717) is 12.2 Å². The molecule has 0 aromatic heterocycles. The molecule has 0 radical (unpaired) electrons. The molecule has 7 nitrogen and oxygen atoms in total. The SMILES string of the molecule is Cl.O=C(NC1CCCNC1)c1ccc(S(=O)(=O)NCC2CCCO2)cc1. The maximum atomic E-state index is 12.3. The summed E-state index contributed by atoms with van der Waals surface area (Å²) in [5, 5.41) is 6.22. The number of amides is 1. The number of carbonyl (C=O) groups excluding carboxylic acids is 1. The molecule has 1 aromatic carbocycles. The molecule has 1 aromatic rings. The van der Waals surface area contributed by atoms with Crippen molar-refractivity contribution in [3.8, 4) is 0 Å². The molecular formula is C17H26ClN3O4S. The van der Waals surface area contributed by atoms with Gasteiger partial charge in [0.1, 0.15) is 0 Å². The predicted octanol–water partition coefficient (Wildman–Crippen LogP) is 1.05. The third-order valence-corrected chi connectivity index (χ3v) is 6.02. The number of ether oxygens (including phenoxy) is 1. The first-order valence-corrected chi connectivity index (χ1v) is 10.3. The van der Waals surface area contributed by atoms with Crippen LogP contribution in [0.25, 0.3) is 0 Å². The standard InChI is InChI=1S/C17H25N3O4S.ClH/c21-17(20-14-3-1-9-18-11-14)13-5-7-16(8-6-13)25(22,23)19-12-15-4-2-10-24-15;/h5-8,14-15,18-19H,1-4,9-12H2,(H,20,21);1H. The van der Waals surface area contributed by atoms with Gasteiger partial charge in [0.25, 0.3) is 5.91 Å². The minimum Gasteiger partial charge on any atom is -0.377 e. The molecule has 3 rings (SSSR count). The van der Waals surface area contributed by atoms with Crippen molar-refractivity contribution in [2.45, 2.75) is 42.7 Å². The summed E-state index contributed by atoms with van der Waals surface area (Å²) >= 11 is 0. The molecule has 1 amide bonds. The Morgan fingerprint density at radius 3 is 2.58 bits per heavy atom. The molecule has 2 atom stereocenters. The van der Waals surface area contributed by atoms with Crippen molar-refractivity contribution >= 4 is 28.3 Å². The van der Waals surface area contributed by atoms with Gasteiger partial charge < -0.3 is 15.4 Å². The molecule has 26 heavy (non-hydrogen) atoms. The van der Waals surface area contributed by atoms with Gasteiger partial charge in [-0.05, 0) is 56.5 Å². The van der Waals surface area contributed by atoms with E-state index in [1.807, 2.05) is 0 Å². The third kappa shape index (κ3) is 5.65. The number of halogens is 1. The van der Waals surface area contributed by atoms with Gasteiger partial charge in [-0.1, -0.05) is 0 Å². The maximum absolute atomic E-state index is 12.3. The van der Waals surface area contributed by atoms with Gasteiger partial charge in [-0.15, -0.1) is 12.4 Å². The smallest absolute Gasteiger partial charge is 0.251 e. The molecule has 2 aliphatic heterocycles. The van der Waals surface area contributed by atoms with Crippen LogP contribution in [0.1, 0.15) is 36.0 Å². The van der Waals surface area contributed by atoms with Crippen molar-refractivity contribution in [1.82, 2.24) is 15.4 Å². The van der Waals surface area contributed by atoms with Crippen molar-refractivity contribution in [3.05, 3.63) is 29.8 Å². The zero-order valence-corrected chi connectivity index (χ0v) is 16.2. The summed E-state index contributed by atoms with van der Waals surface area (Å²) in [4.78, 5) is 12.4. The Balaban J connectivity index is 0.00000243. The number of sulfonamides is 1. The molecule has 9 heteroatoms. The summed E-state index contributed by atoms with van der Waals surface area (Å²) in [6.45, 7) is 2.72. The number of piperidine rings is 1. The van der Waals surface area contributed by atoms with E-state index < -0.39 is 10.0 Å². The van der Waals surface area contributed by atoms with Crippen LogP contribution in [0.4, 0.5) is 0 Å². The summed E-state index contributed by atoms with van der Waals surface area (Å²) in [5.74, 6) is -0.176. The van der Waals surface area contributed by atoms with E-state index in [-0.39, 0.29) is 41.9 Å². The first kappa shape index (κ1) is 21.1. The number of hydrogen-bond acceptors (Lipinski definition) is 5. The highest BCUT2D eigenvalue weighted by Crippen LogP contribution is 2.14. The van der Waals surface area contributed by atoms with Crippen LogP contribution >= 0.6 is 12.4 Å². The van der Waals surface area contributed by atoms with Crippen LogP contribution < -0.4 is 15.4 Å². The molecule has 2 aliphatic rings. The molecule has 0 saturated carbocycles. The van der Waals surface area contributed by atoms with Gasteiger partial charge in [0.2, 0.25) is 10.0 Å². The van der Waals surface area contributed by atoms with Crippen LogP contribution in [0.2, 0.25) is 0 Å². The zero-order valence-electron chi connectivity index (χ0n) is 14.6. The lowest BCUT2D eigenvalue weighted by molar-refractivity contribution is 0.0930. The predicted molar refractivity (Wildman–Crippen MR) is 101 cm³/mol. The summed E-state index contributed by atoms with van der Waals surface area (Å²) in [7, 11) is -3.59. The van der Waals surface area contributed by atoms with Crippen molar-refractivity contribution in [2.24, 2.45) is 0 Å². The third-order valence-electron chi connectivity index (χ3n) is 4.58. The minimum atomic E-state index is -3.59. The highest BCUT2D eigenvalue weighted by atomic mass is 35.5. The Morgan fingerprint density at radius 2 is 1.96 bits per heavy atom. The topological polar surface area (TPSA) is 96.5 Å². The van der Waals surface area contributed by atoms with Gasteiger partial charge in [0.15, 0.2) is 0 Å². The highest BCUT2D eigenvalue weighted by Gasteiger charge is 2.21. The number of nitrogens with one attached hydrogen (secondary N) is 3. The van der Waals surface area contributed by atoms with Gasteiger partial charge in [-0.3, -0.25) is 4.79 Å². The molecule has 146 valence electrons. The largest absolute Gasteiger partial charge is 0.377 e. The lowest BCUT2D eigenvalue weighted by Crippen LogP contribution is -2.45. The van der Waals surface area contributed by atoms with E-state index in [4.69, 9.17) is 4.74 Å². The van der Waals surface area contributed by atoms with Gasteiger partial charge in [-0.2, -0.15) is 0 Å². The fourth-order valence-corrected chi connectivity index (χ4v) is 4.19. The van der Waals surface area contributed by atoms with Gasteiger partial charge in [0, 0.05) is 31.3 Å². The number of hydrogen-bond donors (Lipinski definition) is 3. The number of benzene rings is 1. The molecule has 3 N–H and O–H groups in total. The summed E-state index contributed by atoms with van der Waals surface area (Å²) in [5.41, 5.74) is 0.462. The van der Waals surface area contributed by atoms with E-state index in [1.165, 1.54) is 12.1 Å². The second-order valence-corrected chi connectivity index (χ2v) is 8.29. The van der Waals surface area contributed by atoms with Crippen LogP contribution in [0.5, 0.6) is 0 Å². The quantitative estimate of drug-likeness (QED) is 0.659. The van der Waals surface area contributed by atoms with Gasteiger partial charge in [-0.25, -0.2) is 13.1 Å². The second-order valence-electron chi connectivity index (χ2n) is 6.53. The van der Waals surface area contributed by atoms with Gasteiger partial charge in [0.05, 0.1) is 11.0 Å². The van der Waals surface area contributed by atoms with Crippen molar-refractivity contribution in [1.29, 1.82) is 0 Å². The lowest BCUT2D eigenvalue weighted by atomic mass is 10.1. The first-order chi connectivity index (χ1) is 12.0. The average Bonchev–Trinajstić information content (AvgIpc) is 3.15. The molecule has 0 aliphatic carbocycles. The summed E-state index contributed by atoms with van der Waals surface area (Å²) in [6.07, 6.45) is 3.78. The Labute approximate surface area is 160 Å². The average molecular weight is 404 g/mol. The molecule has 2 unspecified atom stereocenters. The molecule has 0 bridgehead atoms. The van der Waals surface area contributed by atoms with E-state index >= 15 is 0 Å². The second kappa shape index (κ2) is 9.66. The van der Waals surface area contributed by atoms with E-state index in [9.17, 15) is 13.2 Å². The monoisotopic (exact) mass is 403 g/mol. The van der Waals surface area contributed by atoms with Crippen molar-refractivity contribution in [3.63, 3.8) is 0 Å². The minimum absolute atomic E-state index is 0. The molecular weight excluding hydrogens is 378 g/mol.